The number of amides is 1. The number of likely N-dealkylation sites (tertiary alicyclic amines) is 1. The normalized spacial score (nSPS) is 14.3. The summed E-state index contributed by atoms with van der Waals surface area (Å²) < 4.78 is 13.9. The van der Waals surface area contributed by atoms with E-state index in [-0.39, 0.29) is 12.0 Å². The first-order chi connectivity index (χ1) is 17.2. The van der Waals surface area contributed by atoms with E-state index < -0.39 is 0 Å². The molecule has 5 rings (SSSR count). The van der Waals surface area contributed by atoms with Crippen molar-refractivity contribution in [3.63, 3.8) is 0 Å². The molecule has 1 amide bonds. The van der Waals surface area contributed by atoms with Gasteiger partial charge in [0.1, 0.15) is 11.8 Å². The Bertz CT molecular complexity index is 1260. The number of rotatable bonds is 8. The summed E-state index contributed by atoms with van der Waals surface area (Å²) in [4.78, 5) is 21.0. The van der Waals surface area contributed by atoms with Crippen LogP contribution in [0.1, 0.15) is 35.8 Å². The van der Waals surface area contributed by atoms with Gasteiger partial charge in [0.05, 0.1) is 17.9 Å². The zero-order valence-electron chi connectivity index (χ0n) is 19.8. The van der Waals surface area contributed by atoms with Crippen molar-refractivity contribution in [2.24, 2.45) is 0 Å². The molecule has 6 nitrogen and oxygen atoms in total. The highest BCUT2D eigenvalue weighted by atomic mass is 32.2. The van der Waals surface area contributed by atoms with Gasteiger partial charge in [0.15, 0.2) is 11.5 Å². The Labute approximate surface area is 209 Å². The highest BCUT2D eigenvalue weighted by molar-refractivity contribution is 7.98. The molecule has 0 spiro atoms. The molecule has 0 N–H and O–H groups in total. The lowest BCUT2D eigenvalue weighted by atomic mass is 10.1. The summed E-state index contributed by atoms with van der Waals surface area (Å²) in [6.45, 7) is 3.91. The van der Waals surface area contributed by atoms with Crippen LogP contribution < -0.4 is 9.47 Å². The van der Waals surface area contributed by atoms with E-state index in [9.17, 15) is 4.79 Å². The van der Waals surface area contributed by atoms with Gasteiger partial charge in [-0.3, -0.25) is 4.79 Å². The number of piperidine rings is 1. The van der Waals surface area contributed by atoms with Gasteiger partial charge in [-0.1, -0.05) is 30.3 Å². The van der Waals surface area contributed by atoms with E-state index in [2.05, 4.69) is 4.98 Å². The Morgan fingerprint density at radius 3 is 2.54 bits per heavy atom. The van der Waals surface area contributed by atoms with Crippen molar-refractivity contribution >= 4 is 23.3 Å². The van der Waals surface area contributed by atoms with Gasteiger partial charge >= 0.3 is 0 Å². The van der Waals surface area contributed by atoms with Crippen LogP contribution in [0, 0.1) is 0 Å². The molecule has 180 valence electrons. The van der Waals surface area contributed by atoms with E-state index >= 15 is 0 Å². The fourth-order valence-corrected chi connectivity index (χ4v) is 5.25. The molecule has 1 aliphatic heterocycles. The first-order valence-electron chi connectivity index (χ1n) is 12.0. The molecule has 1 aliphatic rings. The van der Waals surface area contributed by atoms with Crippen LogP contribution in [0.3, 0.4) is 0 Å². The molecule has 3 heterocycles. The largest absolute Gasteiger partial charge is 0.490 e. The molecule has 0 bridgehead atoms. The third-order valence-electron chi connectivity index (χ3n) is 6.08. The maximum Gasteiger partial charge on any atom is 0.254 e. The SMILES string of the molecule is CCOc1ccccc1OC1CCN(C(=O)c2ccccc2SCc2cn3ccccc3n2)CC1. The van der Waals surface area contributed by atoms with Crippen molar-refractivity contribution in [3.8, 4) is 11.5 Å². The topological polar surface area (TPSA) is 56.1 Å². The number of ether oxygens (including phenoxy) is 2. The molecule has 0 saturated carbocycles. The summed E-state index contributed by atoms with van der Waals surface area (Å²) >= 11 is 1.65. The third kappa shape index (κ3) is 5.46. The number of imidazole rings is 1. The lowest BCUT2D eigenvalue weighted by Crippen LogP contribution is -2.42. The monoisotopic (exact) mass is 487 g/mol. The van der Waals surface area contributed by atoms with E-state index in [4.69, 9.17) is 9.47 Å². The third-order valence-corrected chi connectivity index (χ3v) is 7.19. The first kappa shape index (κ1) is 23.3. The van der Waals surface area contributed by atoms with Gasteiger partial charge < -0.3 is 18.8 Å². The molecular weight excluding hydrogens is 458 g/mol. The lowest BCUT2D eigenvalue weighted by molar-refractivity contribution is 0.0586. The molecule has 35 heavy (non-hydrogen) atoms. The summed E-state index contributed by atoms with van der Waals surface area (Å²) in [7, 11) is 0. The standard InChI is InChI=1S/C28H29N3O3S/c1-2-33-24-10-4-5-11-25(24)34-22-14-17-30(18-15-22)28(32)23-9-3-6-12-26(23)35-20-21-19-31-16-8-7-13-27(31)29-21/h3-13,16,19,22H,2,14-15,17-18,20H2,1H3. The van der Waals surface area contributed by atoms with E-state index in [1.165, 1.54) is 0 Å². The summed E-state index contributed by atoms with van der Waals surface area (Å²) in [5.41, 5.74) is 2.68. The van der Waals surface area contributed by atoms with E-state index in [0.29, 0.717) is 25.4 Å². The Morgan fingerprint density at radius 2 is 1.74 bits per heavy atom. The number of aromatic nitrogens is 2. The van der Waals surface area contributed by atoms with E-state index in [1.54, 1.807) is 11.8 Å². The maximum absolute atomic E-state index is 13.4. The number of thioether (sulfide) groups is 1. The second-order valence-corrected chi connectivity index (χ2v) is 9.49. The molecule has 1 fully saturated rings. The Morgan fingerprint density at radius 1 is 1.00 bits per heavy atom. The van der Waals surface area contributed by atoms with Gasteiger partial charge in [-0.05, 0) is 43.3 Å². The maximum atomic E-state index is 13.4. The molecule has 4 aromatic rings. The smallest absolute Gasteiger partial charge is 0.254 e. The van der Waals surface area contributed by atoms with Crippen LogP contribution in [-0.2, 0) is 5.75 Å². The summed E-state index contributed by atoms with van der Waals surface area (Å²) in [6, 6.07) is 21.6. The zero-order valence-corrected chi connectivity index (χ0v) is 20.6. The van der Waals surface area contributed by atoms with Crippen LogP contribution in [0.4, 0.5) is 0 Å². The molecule has 0 radical (unpaired) electrons. The minimum absolute atomic E-state index is 0.0697. The molecule has 2 aromatic heterocycles. The van der Waals surface area contributed by atoms with E-state index in [0.717, 1.165) is 46.1 Å². The number of hydrogen-bond donors (Lipinski definition) is 0. The summed E-state index contributed by atoms with van der Waals surface area (Å²) in [5.74, 6) is 2.33. The molecule has 2 aromatic carbocycles. The molecule has 0 atom stereocenters. The number of nitrogens with zero attached hydrogens (tertiary/aromatic N) is 3. The number of benzene rings is 2. The van der Waals surface area contributed by atoms with Crippen LogP contribution in [-0.4, -0.2) is 46.0 Å². The zero-order chi connectivity index (χ0) is 24.0. The fourth-order valence-electron chi connectivity index (χ4n) is 4.33. The Balaban J connectivity index is 1.20. The van der Waals surface area contributed by atoms with Gasteiger partial charge in [0, 0.05) is 49.0 Å². The van der Waals surface area contributed by atoms with Crippen molar-refractivity contribution in [1.29, 1.82) is 0 Å². The highest BCUT2D eigenvalue weighted by Crippen LogP contribution is 2.31. The minimum Gasteiger partial charge on any atom is -0.490 e. The van der Waals surface area contributed by atoms with Gasteiger partial charge in [-0.15, -0.1) is 11.8 Å². The molecule has 0 aliphatic carbocycles. The number of hydrogen-bond acceptors (Lipinski definition) is 5. The van der Waals surface area contributed by atoms with Crippen LogP contribution >= 0.6 is 11.8 Å². The predicted molar refractivity (Wildman–Crippen MR) is 138 cm³/mol. The second kappa shape index (κ2) is 10.9. The first-order valence-corrected chi connectivity index (χ1v) is 13.0. The van der Waals surface area contributed by atoms with Crippen molar-refractivity contribution in [2.45, 2.75) is 36.5 Å². The van der Waals surface area contributed by atoms with Gasteiger partial charge in [0.2, 0.25) is 0 Å². The quantitative estimate of drug-likeness (QED) is 0.298. The number of carbonyl (C=O) groups is 1. The Hall–Kier alpha value is -3.45. The second-order valence-electron chi connectivity index (χ2n) is 8.47. The number of fused-ring (bicyclic) bond motifs is 1. The fraction of sp³-hybridized carbons (Fsp3) is 0.286. The summed E-state index contributed by atoms with van der Waals surface area (Å²) in [5, 5.41) is 0. The van der Waals surface area contributed by atoms with Crippen molar-refractivity contribution in [1.82, 2.24) is 14.3 Å². The Kier molecular flexibility index (Phi) is 7.23. The van der Waals surface area contributed by atoms with Gasteiger partial charge in [-0.25, -0.2) is 4.98 Å². The average Bonchev–Trinajstić information content (AvgIpc) is 3.32. The van der Waals surface area contributed by atoms with Crippen LogP contribution in [0.5, 0.6) is 11.5 Å². The predicted octanol–water partition coefficient (Wildman–Crippen LogP) is 5.71. The highest BCUT2D eigenvalue weighted by Gasteiger charge is 2.26. The number of para-hydroxylation sites is 2. The molecule has 1 saturated heterocycles. The molecule has 7 heteroatoms. The molecular formula is C28H29N3O3S. The summed E-state index contributed by atoms with van der Waals surface area (Å²) in [6.07, 6.45) is 5.70. The average molecular weight is 488 g/mol. The van der Waals surface area contributed by atoms with Gasteiger partial charge in [-0.2, -0.15) is 0 Å². The van der Waals surface area contributed by atoms with Gasteiger partial charge in [0.25, 0.3) is 5.91 Å². The lowest BCUT2D eigenvalue weighted by Gasteiger charge is -2.32. The van der Waals surface area contributed by atoms with Crippen molar-refractivity contribution < 1.29 is 14.3 Å². The number of pyridine rings is 1. The van der Waals surface area contributed by atoms with Crippen LogP contribution in [0.2, 0.25) is 0 Å². The minimum atomic E-state index is 0.0697. The van der Waals surface area contributed by atoms with Crippen LogP contribution in [0.25, 0.3) is 5.65 Å². The van der Waals surface area contributed by atoms with E-state index in [1.807, 2.05) is 95.3 Å². The van der Waals surface area contributed by atoms with Crippen molar-refractivity contribution in [2.75, 3.05) is 19.7 Å². The number of carbonyl (C=O) groups excluding carboxylic acids is 1. The van der Waals surface area contributed by atoms with Crippen LogP contribution in [0.15, 0.2) is 84.0 Å². The van der Waals surface area contributed by atoms with Crippen molar-refractivity contribution in [3.05, 3.63) is 90.4 Å². The molecule has 0 unspecified atom stereocenters.